The number of methoxy groups -OCH3 is 2. The molecule has 6 atom stereocenters. The molecule has 2 aromatic carbocycles. The van der Waals surface area contributed by atoms with Crippen LogP contribution in [0, 0.1) is 11.8 Å². The number of hydrogen-bond acceptors (Lipinski definition) is 9. The van der Waals surface area contributed by atoms with E-state index in [-0.39, 0.29) is 35.7 Å². The lowest BCUT2D eigenvalue weighted by molar-refractivity contribution is -0.135. The van der Waals surface area contributed by atoms with Gasteiger partial charge in [-0.2, -0.15) is 0 Å². The third-order valence-corrected chi connectivity index (χ3v) is 16.6. The molecule has 2 saturated carbocycles. The van der Waals surface area contributed by atoms with E-state index < -0.39 is 24.3 Å². The van der Waals surface area contributed by atoms with Gasteiger partial charge in [0, 0.05) is 61.8 Å². The van der Waals surface area contributed by atoms with E-state index >= 15 is 0 Å². The number of aliphatic imine (C=N–C) groups is 2. The normalized spacial score (nSPS) is 26.3. The summed E-state index contributed by atoms with van der Waals surface area (Å²) in [5, 5.41) is 5.85. The van der Waals surface area contributed by atoms with Crippen LogP contribution in [0.25, 0.3) is 22.3 Å². The Hall–Kier alpha value is -5.30. The smallest absolute Gasteiger partial charge is 0.407 e. The van der Waals surface area contributed by atoms with Crippen LogP contribution in [-0.4, -0.2) is 109 Å². The number of fused-ring (bicyclic) bond motifs is 5. The molecule has 6 aliphatic heterocycles. The van der Waals surface area contributed by atoms with E-state index in [0.717, 1.165) is 112 Å². The molecule has 5 fully saturated rings. The predicted octanol–water partition coefficient (Wildman–Crippen LogP) is 9.14. The number of hydrogen-bond donors (Lipinski definition) is 2. The standard InChI is InChI=1S/C53H67N7O6/c1-58-44-24-25-45(58)47-39(37-29-41(55-31-37)43-17-11-27-60(43)51(62)49(57-53(64)66-3)35-14-8-5-9-15-35)23-22-38(46(44)47)33-20-18-32(19-21-33)36-28-40(54-30-36)42-16-10-26-59(42)50(61)48(56-52(63)65-2)34-12-6-4-7-13-34/h18-23,30-31,34-35,42-45,48-49H,4-17,24-29H2,1-3H3,(H,56,63)(H,57,64)/t42-,43+,44?,45?,48+,49+/m1/s1. The zero-order valence-electron chi connectivity index (χ0n) is 39.1. The molecule has 66 heavy (non-hydrogen) atoms. The van der Waals surface area contributed by atoms with Gasteiger partial charge in [0.1, 0.15) is 12.1 Å². The second-order valence-corrected chi connectivity index (χ2v) is 20.1. The van der Waals surface area contributed by atoms with Crippen molar-refractivity contribution in [3.05, 3.63) is 71.1 Å². The Labute approximate surface area is 389 Å². The summed E-state index contributed by atoms with van der Waals surface area (Å²) in [5.41, 5.74) is 12.2. The van der Waals surface area contributed by atoms with Gasteiger partial charge in [0.05, 0.1) is 26.3 Å². The molecule has 13 heteroatoms. The van der Waals surface area contributed by atoms with E-state index in [2.05, 4.69) is 65.2 Å². The molecular formula is C53H67N7O6. The van der Waals surface area contributed by atoms with Gasteiger partial charge in [0.2, 0.25) is 11.8 Å². The Morgan fingerprint density at radius 1 is 0.545 bits per heavy atom. The maximum absolute atomic E-state index is 14.3. The highest BCUT2D eigenvalue weighted by atomic mass is 16.5. The molecule has 4 amide bonds. The first-order chi connectivity index (χ1) is 32.2. The van der Waals surface area contributed by atoms with Crippen LogP contribution in [0.15, 0.2) is 58.8 Å². The van der Waals surface area contributed by atoms with Gasteiger partial charge in [-0.25, -0.2) is 9.59 Å². The highest BCUT2D eigenvalue weighted by Crippen LogP contribution is 2.57. The van der Waals surface area contributed by atoms with Crippen molar-refractivity contribution >= 4 is 46.6 Å². The average Bonchev–Trinajstić information content (AvgIpc) is 4.24. The third kappa shape index (κ3) is 8.38. The van der Waals surface area contributed by atoms with Crippen LogP contribution in [0.1, 0.15) is 150 Å². The van der Waals surface area contributed by atoms with Gasteiger partial charge in [-0.1, -0.05) is 74.9 Å². The number of ether oxygens (including phenoxy) is 2. The number of allylic oxidation sites excluding steroid dienone is 2. The van der Waals surface area contributed by atoms with Gasteiger partial charge in [-0.3, -0.25) is 24.5 Å². The fourth-order valence-electron chi connectivity index (χ4n) is 13.2. The Morgan fingerprint density at radius 2 is 1.00 bits per heavy atom. The van der Waals surface area contributed by atoms with E-state index in [4.69, 9.17) is 19.5 Å². The van der Waals surface area contributed by atoms with Crippen molar-refractivity contribution in [2.75, 3.05) is 34.4 Å². The van der Waals surface area contributed by atoms with Gasteiger partial charge < -0.3 is 29.9 Å². The van der Waals surface area contributed by atoms with Crippen molar-refractivity contribution in [3.63, 3.8) is 0 Å². The number of alkyl carbamates (subject to hydrolysis) is 2. The molecule has 0 radical (unpaired) electrons. The topological polar surface area (TPSA) is 145 Å². The molecule has 2 bridgehead atoms. The molecule has 13 nitrogen and oxygen atoms in total. The number of rotatable bonds is 11. The maximum Gasteiger partial charge on any atom is 0.407 e. The molecule has 8 aliphatic rings. The molecule has 6 heterocycles. The zero-order valence-corrected chi connectivity index (χ0v) is 39.1. The number of carbonyl (C=O) groups is 4. The maximum atomic E-state index is 14.3. The first kappa shape index (κ1) is 44.5. The van der Waals surface area contributed by atoms with Gasteiger partial charge in [-0.15, -0.1) is 0 Å². The molecule has 0 aromatic heterocycles. The van der Waals surface area contributed by atoms with Crippen molar-refractivity contribution in [1.29, 1.82) is 0 Å². The number of likely N-dealkylation sites (tertiary alicyclic amines) is 2. The molecule has 0 spiro atoms. The van der Waals surface area contributed by atoms with Crippen molar-refractivity contribution in [3.8, 4) is 11.1 Å². The first-order valence-electron chi connectivity index (χ1n) is 25.0. The van der Waals surface area contributed by atoms with Crippen molar-refractivity contribution in [2.24, 2.45) is 21.8 Å². The third-order valence-electron chi connectivity index (χ3n) is 16.6. The summed E-state index contributed by atoms with van der Waals surface area (Å²) in [7, 11) is 4.98. The Morgan fingerprint density at radius 3 is 1.52 bits per heavy atom. The number of carbonyl (C=O) groups excluding carboxylic acids is 4. The van der Waals surface area contributed by atoms with Crippen LogP contribution in [0.2, 0.25) is 0 Å². The van der Waals surface area contributed by atoms with E-state index in [1.165, 1.54) is 60.5 Å². The lowest BCUT2D eigenvalue weighted by Crippen LogP contribution is -2.54. The molecule has 3 saturated heterocycles. The van der Waals surface area contributed by atoms with E-state index in [1.807, 2.05) is 16.0 Å². The summed E-state index contributed by atoms with van der Waals surface area (Å²) in [5.74, 6) is 0.230. The monoisotopic (exact) mass is 898 g/mol. The van der Waals surface area contributed by atoms with Gasteiger partial charge in [0.15, 0.2) is 0 Å². The largest absolute Gasteiger partial charge is 0.453 e. The molecule has 2 unspecified atom stereocenters. The molecule has 350 valence electrons. The van der Waals surface area contributed by atoms with Crippen molar-refractivity contribution in [2.45, 2.75) is 152 Å². The second-order valence-electron chi connectivity index (χ2n) is 20.1. The summed E-state index contributed by atoms with van der Waals surface area (Å²) in [6.45, 7) is 1.34. The first-order valence-corrected chi connectivity index (χ1v) is 25.0. The number of amides is 4. The summed E-state index contributed by atoms with van der Waals surface area (Å²) in [6, 6.07) is 13.0. The van der Waals surface area contributed by atoms with Crippen LogP contribution < -0.4 is 10.6 Å². The molecule has 2 aliphatic carbocycles. The zero-order chi connectivity index (χ0) is 45.5. The quantitative estimate of drug-likeness (QED) is 0.229. The van der Waals surface area contributed by atoms with E-state index in [0.29, 0.717) is 38.0 Å². The number of benzene rings is 2. The summed E-state index contributed by atoms with van der Waals surface area (Å²) >= 11 is 0. The highest BCUT2D eigenvalue weighted by molar-refractivity contribution is 6.05. The minimum Gasteiger partial charge on any atom is -0.453 e. The summed E-state index contributed by atoms with van der Waals surface area (Å²) < 4.78 is 9.93. The molecule has 2 N–H and O–H groups in total. The average molecular weight is 898 g/mol. The lowest BCUT2D eigenvalue weighted by Gasteiger charge is -2.34. The van der Waals surface area contributed by atoms with Gasteiger partial charge in [0.25, 0.3) is 0 Å². The predicted molar refractivity (Wildman–Crippen MR) is 256 cm³/mol. The van der Waals surface area contributed by atoms with Crippen LogP contribution >= 0.6 is 0 Å². The van der Waals surface area contributed by atoms with Gasteiger partial charge >= 0.3 is 12.2 Å². The Bertz CT molecular complexity index is 2340. The lowest BCUT2D eigenvalue weighted by atomic mass is 9.80. The molecule has 10 rings (SSSR count). The number of nitrogens with zero attached hydrogens (tertiary/aromatic N) is 5. The van der Waals surface area contributed by atoms with Crippen LogP contribution in [0.5, 0.6) is 0 Å². The number of nitrogens with one attached hydrogen (secondary N) is 2. The second kappa shape index (κ2) is 19.1. The fraction of sp³-hybridized carbons (Fsp3) is 0.585. The highest BCUT2D eigenvalue weighted by Gasteiger charge is 2.46. The molecular weight excluding hydrogens is 831 g/mol. The van der Waals surface area contributed by atoms with Crippen LogP contribution in [0.3, 0.4) is 0 Å². The minimum absolute atomic E-state index is 0.000117. The minimum atomic E-state index is -0.576. The molecule has 2 aromatic rings. The Kier molecular flexibility index (Phi) is 12.9. The van der Waals surface area contributed by atoms with E-state index in [1.54, 1.807) is 0 Å². The van der Waals surface area contributed by atoms with Gasteiger partial charge in [-0.05, 0) is 128 Å². The van der Waals surface area contributed by atoms with Crippen LogP contribution in [-0.2, 0) is 19.1 Å². The summed E-state index contributed by atoms with van der Waals surface area (Å²) in [6.07, 6.45) is 20.6. The Balaban J connectivity index is 0.827. The summed E-state index contributed by atoms with van der Waals surface area (Å²) in [4.78, 5) is 69.9. The SMILES string of the molecule is COC(=O)N[C@H](C(=O)N1CCC[C@@H]1C1=NC=C(c2ccc(-c3ccc(C4=CN=C([C@@H]5CCCN5C(=O)[C@@H](NC(=O)OC)C5CCCCC5)C4)c4c3C3CCC4N3C)cc2)C1)C1CCCCC1. The van der Waals surface area contributed by atoms with Crippen LogP contribution in [0.4, 0.5) is 9.59 Å². The van der Waals surface area contributed by atoms with Crippen molar-refractivity contribution in [1.82, 2.24) is 25.3 Å². The van der Waals surface area contributed by atoms with Crippen molar-refractivity contribution < 1.29 is 28.7 Å². The fourth-order valence-corrected chi connectivity index (χ4v) is 13.2. The van der Waals surface area contributed by atoms with E-state index in [9.17, 15) is 19.2 Å².